The lowest BCUT2D eigenvalue weighted by Crippen LogP contribution is -2.00. The van der Waals surface area contributed by atoms with Crippen molar-refractivity contribution in [1.29, 1.82) is 0 Å². The molecule has 2 N–H and O–H groups in total. The van der Waals surface area contributed by atoms with Gasteiger partial charge < -0.3 is 15.0 Å². The molecular weight excluding hydrogens is 204 g/mol. The Bertz CT molecular complexity index is 543. The van der Waals surface area contributed by atoms with E-state index in [4.69, 9.17) is 10.5 Å². The van der Waals surface area contributed by atoms with Crippen molar-refractivity contribution < 1.29 is 9.53 Å². The molecule has 0 radical (unpaired) electrons. The molecule has 4 heteroatoms. The van der Waals surface area contributed by atoms with Gasteiger partial charge in [0.15, 0.2) is 0 Å². The minimum Gasteiger partial charge on any atom is -0.465 e. The van der Waals surface area contributed by atoms with Gasteiger partial charge >= 0.3 is 5.97 Å². The maximum Gasteiger partial charge on any atom is 0.340 e. The Morgan fingerprint density at radius 3 is 2.88 bits per heavy atom. The fourth-order valence-electron chi connectivity index (χ4n) is 1.84. The van der Waals surface area contributed by atoms with Crippen molar-refractivity contribution in [1.82, 2.24) is 4.57 Å². The van der Waals surface area contributed by atoms with Crippen LogP contribution in [0, 0.1) is 0 Å². The Morgan fingerprint density at radius 1 is 1.50 bits per heavy atom. The molecule has 0 atom stereocenters. The molecule has 0 fully saturated rings. The standard InChI is InChI=1S/C12H14N2O2/c1-14-7-10(12(15)16-2)9-5-8(6-13)3-4-11(9)14/h3-5,7H,6,13H2,1-2H3. The van der Waals surface area contributed by atoms with Crippen LogP contribution in [-0.2, 0) is 18.3 Å². The average Bonchev–Trinajstić information content (AvgIpc) is 2.65. The molecule has 2 aromatic rings. The summed E-state index contributed by atoms with van der Waals surface area (Å²) in [6, 6.07) is 5.86. The number of ether oxygens (including phenoxy) is 1. The Morgan fingerprint density at radius 2 is 2.25 bits per heavy atom. The molecule has 0 saturated carbocycles. The van der Waals surface area contributed by atoms with Crippen LogP contribution in [0.1, 0.15) is 15.9 Å². The summed E-state index contributed by atoms with van der Waals surface area (Å²) in [4.78, 5) is 11.6. The molecule has 84 valence electrons. The second-order valence-electron chi connectivity index (χ2n) is 3.70. The van der Waals surface area contributed by atoms with Crippen LogP contribution in [0.3, 0.4) is 0 Å². The van der Waals surface area contributed by atoms with Crippen LogP contribution in [0.5, 0.6) is 0 Å². The van der Waals surface area contributed by atoms with Crippen molar-refractivity contribution in [2.45, 2.75) is 6.54 Å². The average molecular weight is 218 g/mol. The maximum atomic E-state index is 11.6. The maximum absolute atomic E-state index is 11.6. The highest BCUT2D eigenvalue weighted by Gasteiger charge is 2.14. The molecule has 2 rings (SSSR count). The molecule has 0 aliphatic heterocycles. The van der Waals surface area contributed by atoms with Gasteiger partial charge in [0.25, 0.3) is 0 Å². The smallest absolute Gasteiger partial charge is 0.340 e. The number of methoxy groups -OCH3 is 1. The minimum atomic E-state index is -0.320. The number of hydrogen-bond donors (Lipinski definition) is 1. The zero-order valence-electron chi connectivity index (χ0n) is 9.36. The largest absolute Gasteiger partial charge is 0.465 e. The lowest BCUT2D eigenvalue weighted by Gasteiger charge is -2.00. The third kappa shape index (κ3) is 1.57. The van der Waals surface area contributed by atoms with Crippen molar-refractivity contribution in [3.05, 3.63) is 35.5 Å². The molecular formula is C12H14N2O2. The first-order valence-electron chi connectivity index (χ1n) is 5.03. The third-order valence-corrected chi connectivity index (χ3v) is 2.69. The van der Waals surface area contributed by atoms with Crippen molar-refractivity contribution >= 4 is 16.9 Å². The van der Waals surface area contributed by atoms with E-state index in [0.717, 1.165) is 16.5 Å². The topological polar surface area (TPSA) is 57.2 Å². The summed E-state index contributed by atoms with van der Waals surface area (Å²) in [5.41, 5.74) is 8.16. The van der Waals surface area contributed by atoms with Gasteiger partial charge in [-0.25, -0.2) is 4.79 Å². The van der Waals surface area contributed by atoms with Gasteiger partial charge in [-0.3, -0.25) is 0 Å². The van der Waals surface area contributed by atoms with Crippen LogP contribution in [0.25, 0.3) is 10.9 Å². The number of aromatic nitrogens is 1. The summed E-state index contributed by atoms with van der Waals surface area (Å²) in [5, 5.41) is 0.886. The molecule has 1 aromatic carbocycles. The summed E-state index contributed by atoms with van der Waals surface area (Å²) in [5.74, 6) is -0.320. The zero-order chi connectivity index (χ0) is 11.7. The second kappa shape index (κ2) is 3.98. The predicted molar refractivity (Wildman–Crippen MR) is 62.1 cm³/mol. The molecule has 4 nitrogen and oxygen atoms in total. The van der Waals surface area contributed by atoms with E-state index in [9.17, 15) is 4.79 Å². The number of nitrogens with two attached hydrogens (primary N) is 1. The van der Waals surface area contributed by atoms with Crippen molar-refractivity contribution in [3.63, 3.8) is 0 Å². The van der Waals surface area contributed by atoms with E-state index in [0.29, 0.717) is 12.1 Å². The Hall–Kier alpha value is -1.81. The van der Waals surface area contributed by atoms with Gasteiger partial charge in [-0.05, 0) is 17.7 Å². The zero-order valence-corrected chi connectivity index (χ0v) is 9.36. The van der Waals surface area contributed by atoms with Gasteiger partial charge in [0.1, 0.15) is 0 Å². The monoisotopic (exact) mass is 218 g/mol. The third-order valence-electron chi connectivity index (χ3n) is 2.69. The van der Waals surface area contributed by atoms with Crippen molar-refractivity contribution in [2.75, 3.05) is 7.11 Å². The van der Waals surface area contributed by atoms with Crippen molar-refractivity contribution in [3.8, 4) is 0 Å². The summed E-state index contributed by atoms with van der Waals surface area (Å²) < 4.78 is 6.65. The number of rotatable bonds is 2. The van der Waals surface area contributed by atoms with Crippen molar-refractivity contribution in [2.24, 2.45) is 12.8 Å². The first-order valence-corrected chi connectivity index (χ1v) is 5.03. The highest BCUT2D eigenvalue weighted by atomic mass is 16.5. The molecule has 0 amide bonds. The Balaban J connectivity index is 2.70. The number of hydrogen-bond acceptors (Lipinski definition) is 3. The number of nitrogens with zero attached hydrogens (tertiary/aromatic N) is 1. The van der Waals surface area contributed by atoms with E-state index in [-0.39, 0.29) is 5.97 Å². The van der Waals surface area contributed by atoms with Crippen LogP contribution in [0.2, 0.25) is 0 Å². The molecule has 1 heterocycles. The van der Waals surface area contributed by atoms with Gasteiger partial charge in [-0.15, -0.1) is 0 Å². The van der Waals surface area contributed by atoms with Crippen LogP contribution in [0.4, 0.5) is 0 Å². The number of carbonyl (C=O) groups excluding carboxylic acids is 1. The molecule has 0 saturated heterocycles. The van der Waals surface area contributed by atoms with Crippen LogP contribution >= 0.6 is 0 Å². The lowest BCUT2D eigenvalue weighted by molar-refractivity contribution is 0.0603. The normalized spacial score (nSPS) is 10.7. The first-order chi connectivity index (χ1) is 7.67. The van der Waals surface area contributed by atoms with Gasteiger partial charge in [-0.1, -0.05) is 6.07 Å². The van der Waals surface area contributed by atoms with Gasteiger partial charge in [0.2, 0.25) is 0 Å². The summed E-state index contributed by atoms with van der Waals surface area (Å²) in [6.07, 6.45) is 1.77. The van der Waals surface area contributed by atoms with E-state index in [2.05, 4.69) is 0 Å². The fraction of sp³-hybridized carbons (Fsp3) is 0.250. The molecule has 0 unspecified atom stereocenters. The van der Waals surface area contributed by atoms with Crippen LogP contribution < -0.4 is 5.73 Å². The van der Waals surface area contributed by atoms with Gasteiger partial charge in [0.05, 0.1) is 12.7 Å². The summed E-state index contributed by atoms with van der Waals surface area (Å²) >= 11 is 0. The Kier molecular flexibility index (Phi) is 2.66. The summed E-state index contributed by atoms with van der Waals surface area (Å²) in [6.45, 7) is 0.464. The predicted octanol–water partition coefficient (Wildman–Crippen LogP) is 1.42. The summed E-state index contributed by atoms with van der Waals surface area (Å²) in [7, 11) is 3.28. The van der Waals surface area contributed by atoms with Gasteiger partial charge in [-0.2, -0.15) is 0 Å². The molecule has 0 aliphatic rings. The highest BCUT2D eigenvalue weighted by molar-refractivity contribution is 6.04. The number of benzene rings is 1. The van der Waals surface area contributed by atoms with Gasteiger partial charge in [0, 0.05) is 30.7 Å². The second-order valence-corrected chi connectivity index (χ2v) is 3.70. The molecule has 0 spiro atoms. The number of carbonyl (C=O) groups is 1. The SMILES string of the molecule is COC(=O)c1cn(C)c2ccc(CN)cc12. The molecule has 1 aromatic heterocycles. The van der Waals surface area contributed by atoms with Crippen LogP contribution in [0.15, 0.2) is 24.4 Å². The lowest BCUT2D eigenvalue weighted by atomic mass is 10.1. The van der Waals surface area contributed by atoms with Crippen LogP contribution in [-0.4, -0.2) is 17.6 Å². The van der Waals surface area contributed by atoms with E-state index >= 15 is 0 Å². The molecule has 0 bridgehead atoms. The fourth-order valence-corrected chi connectivity index (χ4v) is 1.84. The highest BCUT2D eigenvalue weighted by Crippen LogP contribution is 2.22. The minimum absolute atomic E-state index is 0.320. The molecule has 0 aliphatic carbocycles. The van der Waals surface area contributed by atoms with E-state index in [1.807, 2.05) is 29.8 Å². The quantitative estimate of drug-likeness (QED) is 0.776. The van der Waals surface area contributed by atoms with E-state index < -0.39 is 0 Å². The van der Waals surface area contributed by atoms with E-state index in [1.165, 1.54) is 7.11 Å². The number of aryl methyl sites for hydroxylation is 1. The Labute approximate surface area is 93.6 Å². The number of esters is 1. The van der Waals surface area contributed by atoms with E-state index in [1.54, 1.807) is 6.20 Å². The number of fused-ring (bicyclic) bond motifs is 1. The molecule has 16 heavy (non-hydrogen) atoms. The first kappa shape index (κ1) is 10.7.